The SMILES string of the molecule is CN=C(NCCOc1cccc2ccccc12)NCC1(CCO)CCOC1.I. The topological polar surface area (TPSA) is 75.1 Å². The molecule has 1 aliphatic rings. The fraction of sp³-hybridized carbons (Fsp3) is 0.476. The van der Waals surface area contributed by atoms with E-state index in [1.807, 2.05) is 24.3 Å². The van der Waals surface area contributed by atoms with Gasteiger partial charge in [-0.25, -0.2) is 0 Å². The third kappa shape index (κ3) is 5.96. The summed E-state index contributed by atoms with van der Waals surface area (Å²) in [5.41, 5.74) is -0.00811. The van der Waals surface area contributed by atoms with Crippen molar-refractivity contribution in [1.82, 2.24) is 10.6 Å². The summed E-state index contributed by atoms with van der Waals surface area (Å²) < 4.78 is 11.5. The van der Waals surface area contributed by atoms with Crippen LogP contribution >= 0.6 is 24.0 Å². The fourth-order valence-electron chi connectivity index (χ4n) is 3.46. The highest BCUT2D eigenvalue weighted by Gasteiger charge is 2.34. The molecule has 1 saturated heterocycles. The van der Waals surface area contributed by atoms with Gasteiger partial charge in [-0.05, 0) is 24.3 Å². The maximum absolute atomic E-state index is 9.33. The molecule has 1 aliphatic heterocycles. The van der Waals surface area contributed by atoms with Gasteiger partial charge in [0.2, 0.25) is 0 Å². The third-order valence-corrected chi connectivity index (χ3v) is 5.08. The summed E-state index contributed by atoms with van der Waals surface area (Å²) in [6, 6.07) is 14.3. The van der Waals surface area contributed by atoms with E-state index in [9.17, 15) is 5.11 Å². The van der Waals surface area contributed by atoms with Crippen molar-refractivity contribution in [2.24, 2.45) is 10.4 Å². The number of nitrogens with zero attached hydrogens (tertiary/aromatic N) is 1. The van der Waals surface area contributed by atoms with E-state index in [1.165, 1.54) is 5.39 Å². The van der Waals surface area contributed by atoms with E-state index in [2.05, 4.69) is 33.8 Å². The van der Waals surface area contributed by atoms with E-state index in [-0.39, 0.29) is 36.0 Å². The molecule has 1 heterocycles. The number of rotatable bonds is 8. The van der Waals surface area contributed by atoms with E-state index in [0.717, 1.165) is 43.1 Å². The Balaban J connectivity index is 0.00000280. The Morgan fingerprint density at radius 1 is 1.21 bits per heavy atom. The molecule has 6 nitrogen and oxygen atoms in total. The normalized spacial score (nSPS) is 19.3. The van der Waals surface area contributed by atoms with Crippen LogP contribution in [0.2, 0.25) is 0 Å². The van der Waals surface area contributed by atoms with Crippen molar-refractivity contribution in [3.8, 4) is 5.75 Å². The van der Waals surface area contributed by atoms with Crippen LogP contribution in [0.1, 0.15) is 12.8 Å². The van der Waals surface area contributed by atoms with Crippen molar-refractivity contribution >= 4 is 40.7 Å². The first-order valence-electron chi connectivity index (χ1n) is 9.50. The lowest BCUT2D eigenvalue weighted by atomic mass is 9.84. The predicted octanol–water partition coefficient (Wildman–Crippen LogP) is 2.79. The molecule has 2 aromatic rings. The fourth-order valence-corrected chi connectivity index (χ4v) is 3.46. The average molecular weight is 499 g/mol. The van der Waals surface area contributed by atoms with Gasteiger partial charge in [0.15, 0.2) is 5.96 Å². The van der Waals surface area contributed by atoms with E-state index in [1.54, 1.807) is 7.05 Å². The van der Waals surface area contributed by atoms with Crippen LogP contribution < -0.4 is 15.4 Å². The third-order valence-electron chi connectivity index (χ3n) is 5.08. The molecule has 3 N–H and O–H groups in total. The average Bonchev–Trinajstić information content (AvgIpc) is 3.16. The van der Waals surface area contributed by atoms with Crippen molar-refractivity contribution in [1.29, 1.82) is 0 Å². The van der Waals surface area contributed by atoms with Crippen molar-refractivity contribution in [2.45, 2.75) is 12.8 Å². The van der Waals surface area contributed by atoms with Crippen LogP contribution in [0.15, 0.2) is 47.5 Å². The summed E-state index contributed by atoms with van der Waals surface area (Å²) in [5, 5.41) is 18.3. The Morgan fingerprint density at radius 3 is 2.79 bits per heavy atom. The smallest absolute Gasteiger partial charge is 0.191 e. The number of ether oxygens (including phenoxy) is 2. The molecule has 0 bridgehead atoms. The molecule has 0 saturated carbocycles. The Morgan fingerprint density at radius 2 is 2.04 bits per heavy atom. The van der Waals surface area contributed by atoms with Gasteiger partial charge in [0.1, 0.15) is 12.4 Å². The van der Waals surface area contributed by atoms with Crippen LogP contribution in [0.4, 0.5) is 0 Å². The molecule has 28 heavy (non-hydrogen) atoms. The van der Waals surface area contributed by atoms with Crippen LogP contribution in [0.25, 0.3) is 10.8 Å². The van der Waals surface area contributed by atoms with E-state index >= 15 is 0 Å². The number of aliphatic hydroxyl groups excluding tert-OH is 1. The van der Waals surface area contributed by atoms with Crippen molar-refractivity contribution < 1.29 is 14.6 Å². The summed E-state index contributed by atoms with van der Waals surface area (Å²) >= 11 is 0. The minimum absolute atomic E-state index is 0. The molecule has 1 fully saturated rings. The zero-order valence-corrected chi connectivity index (χ0v) is 18.6. The molecular weight excluding hydrogens is 469 g/mol. The second-order valence-corrected chi connectivity index (χ2v) is 6.95. The Bertz CT molecular complexity index is 758. The van der Waals surface area contributed by atoms with Gasteiger partial charge in [0.25, 0.3) is 0 Å². The van der Waals surface area contributed by atoms with Gasteiger partial charge in [-0.2, -0.15) is 0 Å². The van der Waals surface area contributed by atoms with E-state index in [0.29, 0.717) is 19.8 Å². The summed E-state index contributed by atoms with van der Waals surface area (Å²) in [4.78, 5) is 4.27. The van der Waals surface area contributed by atoms with Crippen LogP contribution in [-0.2, 0) is 4.74 Å². The summed E-state index contributed by atoms with van der Waals surface area (Å²) in [7, 11) is 1.75. The maximum atomic E-state index is 9.33. The molecule has 1 atom stereocenters. The minimum atomic E-state index is -0.00811. The van der Waals surface area contributed by atoms with Gasteiger partial charge in [-0.1, -0.05) is 36.4 Å². The standard InChI is InChI=1S/C21H29N3O3.HI/c1-22-20(24-15-21(9-12-25)10-13-26-16-21)23-11-14-27-19-8-4-6-17-5-2-3-7-18(17)19;/h2-8,25H,9-16H2,1H3,(H2,22,23,24);1H. The van der Waals surface area contributed by atoms with Crippen LogP contribution in [0.5, 0.6) is 5.75 Å². The molecule has 7 heteroatoms. The quantitative estimate of drug-likeness (QED) is 0.226. The Kier molecular flexibility index (Phi) is 9.27. The molecule has 0 aliphatic carbocycles. The number of fused-ring (bicyclic) bond motifs is 1. The van der Waals surface area contributed by atoms with Gasteiger partial charge in [0.05, 0.1) is 13.2 Å². The van der Waals surface area contributed by atoms with Gasteiger partial charge < -0.3 is 25.2 Å². The number of aliphatic hydroxyl groups is 1. The minimum Gasteiger partial charge on any atom is -0.491 e. The zero-order chi connectivity index (χ0) is 19.0. The lowest BCUT2D eigenvalue weighted by molar-refractivity contribution is 0.127. The van der Waals surface area contributed by atoms with Crippen molar-refractivity contribution in [3.05, 3.63) is 42.5 Å². The molecule has 2 aromatic carbocycles. The van der Waals surface area contributed by atoms with Gasteiger partial charge in [0, 0.05) is 37.6 Å². The Hall–Kier alpha value is -1.58. The first kappa shape index (κ1) is 22.7. The number of hydrogen-bond donors (Lipinski definition) is 3. The second-order valence-electron chi connectivity index (χ2n) is 6.95. The summed E-state index contributed by atoms with van der Waals surface area (Å²) in [6.07, 6.45) is 1.70. The van der Waals surface area contributed by atoms with Gasteiger partial charge >= 0.3 is 0 Å². The highest BCUT2D eigenvalue weighted by molar-refractivity contribution is 14.0. The first-order valence-corrected chi connectivity index (χ1v) is 9.50. The highest BCUT2D eigenvalue weighted by atomic mass is 127. The van der Waals surface area contributed by atoms with Crippen LogP contribution in [-0.4, -0.2) is 57.6 Å². The Labute approximate surface area is 183 Å². The van der Waals surface area contributed by atoms with Crippen LogP contribution in [0.3, 0.4) is 0 Å². The molecule has 154 valence electrons. The molecule has 0 amide bonds. The highest BCUT2D eigenvalue weighted by Crippen LogP contribution is 2.31. The predicted molar refractivity (Wildman–Crippen MR) is 124 cm³/mol. The number of hydrogen-bond acceptors (Lipinski definition) is 4. The first-order chi connectivity index (χ1) is 13.3. The molecule has 0 aromatic heterocycles. The maximum Gasteiger partial charge on any atom is 0.191 e. The summed E-state index contributed by atoms with van der Waals surface area (Å²) in [5.74, 6) is 1.63. The zero-order valence-electron chi connectivity index (χ0n) is 16.3. The van der Waals surface area contributed by atoms with E-state index < -0.39 is 0 Å². The number of guanidine groups is 1. The number of benzene rings is 2. The second kappa shape index (κ2) is 11.4. The summed E-state index contributed by atoms with van der Waals surface area (Å²) in [6.45, 7) is 3.54. The molecule has 0 radical (unpaired) electrons. The molecule has 3 rings (SSSR count). The van der Waals surface area contributed by atoms with Crippen LogP contribution in [0, 0.1) is 5.41 Å². The van der Waals surface area contributed by atoms with E-state index in [4.69, 9.17) is 9.47 Å². The largest absolute Gasteiger partial charge is 0.491 e. The lowest BCUT2D eigenvalue weighted by Gasteiger charge is -2.27. The molecule has 0 spiro atoms. The van der Waals surface area contributed by atoms with Crippen molar-refractivity contribution in [3.63, 3.8) is 0 Å². The van der Waals surface area contributed by atoms with Gasteiger partial charge in [-0.15, -0.1) is 24.0 Å². The monoisotopic (exact) mass is 499 g/mol. The molecular formula is C21H30IN3O3. The van der Waals surface area contributed by atoms with Crippen molar-refractivity contribution in [2.75, 3.05) is 46.6 Å². The lowest BCUT2D eigenvalue weighted by Crippen LogP contribution is -2.45. The number of halogens is 1. The number of aliphatic imine (C=N–C) groups is 1. The number of nitrogens with one attached hydrogen (secondary N) is 2. The molecule has 1 unspecified atom stereocenters. The van der Waals surface area contributed by atoms with Gasteiger partial charge in [-0.3, -0.25) is 4.99 Å².